The molecule has 11 heavy (non-hydrogen) atoms. The Labute approximate surface area is 84.2 Å². The van der Waals surface area contributed by atoms with Crippen LogP contribution in [0.3, 0.4) is 0 Å². The third-order valence-electron chi connectivity index (χ3n) is 0.156. The fraction of sp³-hybridized carbons (Fsp3) is 0. The van der Waals surface area contributed by atoms with E-state index in [1.165, 1.54) is 0 Å². The van der Waals surface area contributed by atoms with E-state index in [1.807, 2.05) is 0 Å². The third kappa shape index (κ3) is 87.8. The first-order valence-corrected chi connectivity index (χ1v) is 1.76. The molecule has 2 N–H and O–H groups in total. The first kappa shape index (κ1) is 22.4. The number of aliphatic carboxylic acids is 1. The van der Waals surface area contributed by atoms with E-state index in [4.69, 9.17) is 24.3 Å². The second-order valence-electron chi connectivity index (χ2n) is 0.728. The van der Waals surface area contributed by atoms with E-state index >= 15 is 0 Å². The molecule has 0 saturated heterocycles. The van der Waals surface area contributed by atoms with Crippen LogP contribution in [0.25, 0.3) is 0 Å². The van der Waals surface area contributed by atoms with Crippen molar-refractivity contribution in [2.45, 2.75) is 0 Å². The predicted octanol–water partition coefficient (Wildman–Crippen LogP) is -4.52. The van der Waals surface area contributed by atoms with E-state index in [0.29, 0.717) is 0 Å². The van der Waals surface area contributed by atoms with Crippen LogP contribution in [0.2, 0.25) is 0 Å². The van der Waals surface area contributed by atoms with Crippen LogP contribution in [0.1, 0.15) is 0 Å². The Hall–Kier alpha value is -0.560. The van der Waals surface area contributed by atoms with Crippen LogP contribution in [-0.2, 0) is 19.2 Å². The Morgan fingerprint density at radius 3 is 1.27 bits per heavy atom. The summed E-state index contributed by atoms with van der Waals surface area (Å²) in [6.45, 7) is 0. The van der Waals surface area contributed by atoms with Gasteiger partial charge in [0.15, 0.2) is 12.6 Å². The molecule has 7 heteroatoms. The van der Waals surface area contributed by atoms with Crippen LogP contribution < -0.4 is 29.6 Å². The first-order chi connectivity index (χ1) is 4.18. The van der Waals surface area contributed by atoms with Gasteiger partial charge in [-0.15, -0.1) is 0 Å². The van der Waals surface area contributed by atoms with Gasteiger partial charge in [-0.2, -0.15) is 0 Å². The SMILES string of the molecule is O=CC(=O)O.O=CC=O.[Na+].[OH-]. The Kier molecular flexibility index (Phi) is 46.3. The van der Waals surface area contributed by atoms with E-state index in [2.05, 4.69) is 0 Å². The summed E-state index contributed by atoms with van der Waals surface area (Å²) >= 11 is 0. The summed E-state index contributed by atoms with van der Waals surface area (Å²) in [6.07, 6.45) is 0.222. The summed E-state index contributed by atoms with van der Waals surface area (Å²) in [5.41, 5.74) is 0. The molecule has 0 amide bonds. The van der Waals surface area contributed by atoms with Gasteiger partial charge in [0.05, 0.1) is 0 Å². The minimum Gasteiger partial charge on any atom is -0.870 e. The maximum Gasteiger partial charge on any atom is 1.00 e. The van der Waals surface area contributed by atoms with Crippen LogP contribution in [0.5, 0.6) is 0 Å². The number of carboxylic acid groups (broad SMARTS) is 1. The second kappa shape index (κ2) is 22.7. The number of aldehydes is 3. The molecular formula is C4H5NaO6. The van der Waals surface area contributed by atoms with Crippen molar-refractivity contribution >= 4 is 24.8 Å². The standard InChI is InChI=1S/C2H2O3.C2H2O2.Na.H2O/c3-1-2(4)5;3-1-2-4;;/h1H,(H,4,5);1-2H;;1H2/q;;+1;/p-1. The molecule has 0 aliphatic heterocycles. The molecule has 0 aromatic carbocycles. The Morgan fingerprint density at radius 1 is 1.09 bits per heavy atom. The average molecular weight is 172 g/mol. The number of carboxylic acids is 1. The van der Waals surface area contributed by atoms with Gasteiger partial charge >= 0.3 is 35.5 Å². The Morgan fingerprint density at radius 2 is 1.27 bits per heavy atom. The molecule has 0 unspecified atom stereocenters. The van der Waals surface area contributed by atoms with Gasteiger partial charge < -0.3 is 10.6 Å². The van der Waals surface area contributed by atoms with Gasteiger partial charge in [0.25, 0.3) is 0 Å². The molecule has 0 aromatic heterocycles. The number of rotatable bonds is 2. The maximum atomic E-state index is 9.00. The molecule has 0 rings (SSSR count). The van der Waals surface area contributed by atoms with Gasteiger partial charge in [0.1, 0.15) is 0 Å². The maximum absolute atomic E-state index is 9.00. The summed E-state index contributed by atoms with van der Waals surface area (Å²) in [5, 5.41) is 7.35. The van der Waals surface area contributed by atoms with E-state index < -0.39 is 5.97 Å². The van der Waals surface area contributed by atoms with E-state index in [-0.39, 0.29) is 53.9 Å². The quantitative estimate of drug-likeness (QED) is 0.254. The number of carbonyl (C=O) groups excluding carboxylic acids is 3. The summed E-state index contributed by atoms with van der Waals surface area (Å²) < 4.78 is 0. The monoisotopic (exact) mass is 172 g/mol. The van der Waals surface area contributed by atoms with Crippen molar-refractivity contribution < 1.29 is 59.3 Å². The molecular weight excluding hydrogens is 167 g/mol. The van der Waals surface area contributed by atoms with E-state index in [1.54, 1.807) is 0 Å². The molecule has 6 nitrogen and oxygen atoms in total. The van der Waals surface area contributed by atoms with Crippen molar-refractivity contribution in [3.05, 3.63) is 0 Å². The smallest absolute Gasteiger partial charge is 0.870 e. The molecule has 0 saturated carbocycles. The van der Waals surface area contributed by atoms with Crippen LogP contribution in [0.4, 0.5) is 0 Å². The van der Waals surface area contributed by atoms with Crippen molar-refractivity contribution in [1.29, 1.82) is 0 Å². The zero-order valence-electron chi connectivity index (χ0n) is 5.76. The fourth-order valence-electron chi connectivity index (χ4n) is 0. The molecule has 0 radical (unpaired) electrons. The topological polar surface area (TPSA) is 119 Å². The van der Waals surface area contributed by atoms with Gasteiger partial charge in [0.2, 0.25) is 6.29 Å². The third-order valence-corrected chi connectivity index (χ3v) is 0.156. The van der Waals surface area contributed by atoms with Gasteiger partial charge in [0, 0.05) is 0 Å². The molecule has 0 heterocycles. The van der Waals surface area contributed by atoms with Crippen molar-refractivity contribution in [3.63, 3.8) is 0 Å². The first-order valence-electron chi connectivity index (χ1n) is 1.76. The number of carbonyl (C=O) groups is 4. The van der Waals surface area contributed by atoms with E-state index in [0.717, 1.165) is 0 Å². The summed E-state index contributed by atoms with van der Waals surface area (Å²) in [4.78, 5) is 35.5. The van der Waals surface area contributed by atoms with Gasteiger partial charge in [-0.25, -0.2) is 4.79 Å². The van der Waals surface area contributed by atoms with Crippen molar-refractivity contribution in [2.75, 3.05) is 0 Å². The van der Waals surface area contributed by atoms with Crippen molar-refractivity contribution in [3.8, 4) is 0 Å². The summed E-state index contributed by atoms with van der Waals surface area (Å²) in [7, 11) is 0. The average Bonchev–Trinajstić information content (AvgIpc) is 1.89. The normalized spacial score (nSPS) is 4.73. The zero-order chi connectivity index (χ0) is 7.70. The molecule has 0 bridgehead atoms. The minimum absolute atomic E-state index is 0. The van der Waals surface area contributed by atoms with Crippen molar-refractivity contribution in [1.82, 2.24) is 0 Å². The van der Waals surface area contributed by atoms with Gasteiger partial charge in [-0.05, 0) is 0 Å². The van der Waals surface area contributed by atoms with Crippen molar-refractivity contribution in [2.24, 2.45) is 0 Å². The summed E-state index contributed by atoms with van der Waals surface area (Å²) in [6, 6.07) is 0. The Bertz CT molecular complexity index is 116. The molecule has 0 aliphatic rings. The minimum atomic E-state index is -1.43. The van der Waals surface area contributed by atoms with Gasteiger partial charge in [-0.1, -0.05) is 0 Å². The molecule has 0 aromatic rings. The van der Waals surface area contributed by atoms with Crippen LogP contribution in [-0.4, -0.2) is 35.4 Å². The summed E-state index contributed by atoms with van der Waals surface area (Å²) in [5.74, 6) is -1.43. The molecule has 0 spiro atoms. The predicted molar refractivity (Wildman–Crippen MR) is 27.8 cm³/mol. The number of hydrogen-bond acceptors (Lipinski definition) is 5. The van der Waals surface area contributed by atoms with E-state index in [9.17, 15) is 0 Å². The largest absolute Gasteiger partial charge is 1.00 e. The molecule has 0 atom stereocenters. The zero-order valence-corrected chi connectivity index (χ0v) is 7.76. The molecule has 0 aliphatic carbocycles. The Balaban J connectivity index is -0.0000000383. The second-order valence-corrected chi connectivity index (χ2v) is 0.728. The van der Waals surface area contributed by atoms with Crippen LogP contribution >= 0.6 is 0 Å². The van der Waals surface area contributed by atoms with Crippen LogP contribution in [0.15, 0.2) is 0 Å². The molecule has 58 valence electrons. The fourth-order valence-corrected chi connectivity index (χ4v) is 0. The molecule has 0 fully saturated rings. The van der Waals surface area contributed by atoms with Crippen LogP contribution in [0, 0.1) is 0 Å². The van der Waals surface area contributed by atoms with Gasteiger partial charge in [-0.3, -0.25) is 14.4 Å². The number of hydrogen-bond donors (Lipinski definition) is 1.